The fourth-order valence-corrected chi connectivity index (χ4v) is 7.78. The topological polar surface area (TPSA) is 58.2 Å². The van der Waals surface area contributed by atoms with Gasteiger partial charge in [-0.05, 0) is 94.3 Å². The zero-order chi connectivity index (χ0) is 24.3. The van der Waals surface area contributed by atoms with Crippen LogP contribution >= 0.6 is 0 Å². The van der Waals surface area contributed by atoms with E-state index in [0.717, 1.165) is 49.4 Å². The van der Waals surface area contributed by atoms with E-state index < -0.39 is 0 Å². The molecule has 2 N–H and O–H groups in total. The maximum absolute atomic E-state index is 12.4. The van der Waals surface area contributed by atoms with E-state index in [-0.39, 0.29) is 0 Å². The highest BCUT2D eigenvalue weighted by atomic mass is 16.2. The molecule has 4 heteroatoms. The van der Waals surface area contributed by atoms with Gasteiger partial charge in [0.1, 0.15) is 0 Å². The molecule has 4 nitrogen and oxygen atoms in total. The summed E-state index contributed by atoms with van der Waals surface area (Å²) in [6.07, 6.45) is 28.5. The first kappa shape index (κ1) is 27.0. The molecule has 2 amide bonds. The first-order valence-corrected chi connectivity index (χ1v) is 15.7. The van der Waals surface area contributed by atoms with Gasteiger partial charge in [0, 0.05) is 24.9 Å². The van der Waals surface area contributed by atoms with Crippen LogP contribution in [0.3, 0.4) is 0 Å². The molecular formula is C31H54N2O2. The van der Waals surface area contributed by atoms with Gasteiger partial charge in [0.15, 0.2) is 0 Å². The Labute approximate surface area is 215 Å². The lowest BCUT2D eigenvalue weighted by molar-refractivity contribution is -0.123. The fourth-order valence-electron chi connectivity index (χ4n) is 7.78. The van der Waals surface area contributed by atoms with Crippen molar-refractivity contribution in [2.75, 3.05) is 0 Å². The zero-order valence-corrected chi connectivity index (χ0v) is 22.5. The number of hydrogen-bond donors (Lipinski definition) is 2. The molecular weight excluding hydrogens is 432 g/mol. The van der Waals surface area contributed by atoms with Gasteiger partial charge < -0.3 is 10.6 Å². The molecule has 0 spiro atoms. The SMILES string of the molecule is O=C(CCC1CCCCC1)NC1CCC(CC2CCC(NC(=O)CCC3CCCCC3)CC2)CC1. The van der Waals surface area contributed by atoms with Crippen molar-refractivity contribution >= 4 is 11.8 Å². The number of hydrogen-bond acceptors (Lipinski definition) is 2. The molecule has 0 atom stereocenters. The van der Waals surface area contributed by atoms with Gasteiger partial charge in [-0.25, -0.2) is 0 Å². The van der Waals surface area contributed by atoms with Gasteiger partial charge >= 0.3 is 0 Å². The monoisotopic (exact) mass is 486 g/mol. The molecule has 4 fully saturated rings. The minimum atomic E-state index is 0.304. The molecule has 4 aliphatic rings. The normalized spacial score (nSPS) is 31.1. The van der Waals surface area contributed by atoms with Crippen LogP contribution in [-0.4, -0.2) is 23.9 Å². The van der Waals surface area contributed by atoms with E-state index in [2.05, 4.69) is 10.6 Å². The maximum Gasteiger partial charge on any atom is 0.220 e. The van der Waals surface area contributed by atoms with Crippen LogP contribution in [0, 0.1) is 23.7 Å². The van der Waals surface area contributed by atoms with Crippen molar-refractivity contribution in [1.82, 2.24) is 10.6 Å². The molecule has 4 aliphatic carbocycles. The van der Waals surface area contributed by atoms with Gasteiger partial charge in [0.2, 0.25) is 11.8 Å². The smallest absolute Gasteiger partial charge is 0.220 e. The number of carbonyl (C=O) groups is 2. The average molecular weight is 487 g/mol. The molecule has 0 aromatic carbocycles. The van der Waals surface area contributed by atoms with Crippen molar-refractivity contribution in [1.29, 1.82) is 0 Å². The predicted molar refractivity (Wildman–Crippen MR) is 144 cm³/mol. The van der Waals surface area contributed by atoms with Crippen molar-refractivity contribution in [2.24, 2.45) is 23.7 Å². The molecule has 4 rings (SSSR count). The van der Waals surface area contributed by atoms with E-state index in [1.807, 2.05) is 0 Å². The Bertz CT molecular complexity index is 568. The second-order valence-electron chi connectivity index (χ2n) is 12.9. The summed E-state index contributed by atoms with van der Waals surface area (Å²) in [5.74, 6) is 3.90. The molecule has 35 heavy (non-hydrogen) atoms. The molecule has 0 aromatic rings. The third-order valence-corrected chi connectivity index (χ3v) is 10.1. The maximum atomic E-state index is 12.4. The van der Waals surface area contributed by atoms with E-state index in [1.54, 1.807) is 0 Å². The summed E-state index contributed by atoms with van der Waals surface area (Å²) in [5.41, 5.74) is 0. The largest absolute Gasteiger partial charge is 0.353 e. The van der Waals surface area contributed by atoms with E-state index in [0.29, 0.717) is 23.9 Å². The molecule has 0 heterocycles. The third-order valence-electron chi connectivity index (χ3n) is 10.1. The Balaban J connectivity index is 1.03. The van der Waals surface area contributed by atoms with Crippen molar-refractivity contribution in [3.8, 4) is 0 Å². The average Bonchev–Trinajstić information content (AvgIpc) is 2.90. The highest BCUT2D eigenvalue weighted by Crippen LogP contribution is 2.36. The molecule has 0 unspecified atom stereocenters. The van der Waals surface area contributed by atoms with Crippen LogP contribution in [0.15, 0.2) is 0 Å². The predicted octanol–water partition coefficient (Wildman–Crippen LogP) is 7.45. The van der Waals surface area contributed by atoms with Crippen LogP contribution in [0.2, 0.25) is 0 Å². The summed E-state index contributed by atoms with van der Waals surface area (Å²) >= 11 is 0. The Morgan fingerprint density at radius 1 is 0.457 bits per heavy atom. The van der Waals surface area contributed by atoms with Gasteiger partial charge in [-0.1, -0.05) is 64.2 Å². The Kier molecular flexibility index (Phi) is 11.3. The molecule has 0 radical (unpaired) electrons. The Morgan fingerprint density at radius 3 is 1.20 bits per heavy atom. The lowest BCUT2D eigenvalue weighted by Gasteiger charge is -2.34. The first-order valence-electron chi connectivity index (χ1n) is 15.7. The van der Waals surface area contributed by atoms with Crippen LogP contribution in [0.1, 0.15) is 148 Å². The van der Waals surface area contributed by atoms with Gasteiger partial charge in [-0.3, -0.25) is 9.59 Å². The van der Waals surface area contributed by atoms with Crippen molar-refractivity contribution in [3.05, 3.63) is 0 Å². The van der Waals surface area contributed by atoms with Crippen molar-refractivity contribution < 1.29 is 9.59 Å². The van der Waals surface area contributed by atoms with Crippen LogP contribution in [-0.2, 0) is 9.59 Å². The minimum Gasteiger partial charge on any atom is -0.353 e. The third kappa shape index (κ3) is 9.73. The minimum absolute atomic E-state index is 0.304. The molecule has 4 saturated carbocycles. The first-order chi connectivity index (χ1) is 17.1. The van der Waals surface area contributed by atoms with Crippen LogP contribution < -0.4 is 10.6 Å². The van der Waals surface area contributed by atoms with Crippen LogP contribution in [0.25, 0.3) is 0 Å². The summed E-state index contributed by atoms with van der Waals surface area (Å²) in [4.78, 5) is 24.9. The standard InChI is InChI=1S/C31H54N2O2/c34-30(21-15-24-7-3-1-4-8-24)32-28-17-11-26(12-18-28)23-27-13-19-29(20-14-27)33-31(35)22-16-25-9-5-2-6-10-25/h24-29H,1-23H2,(H,32,34)(H,33,35). The highest BCUT2D eigenvalue weighted by molar-refractivity contribution is 5.76. The second kappa shape index (κ2) is 14.6. The lowest BCUT2D eigenvalue weighted by atomic mass is 9.75. The quantitative estimate of drug-likeness (QED) is 0.337. The zero-order valence-electron chi connectivity index (χ0n) is 22.5. The van der Waals surface area contributed by atoms with Gasteiger partial charge in [0.05, 0.1) is 0 Å². The summed E-state index contributed by atoms with van der Waals surface area (Å²) in [6, 6.07) is 0.842. The van der Waals surface area contributed by atoms with Gasteiger partial charge in [-0.15, -0.1) is 0 Å². The van der Waals surface area contributed by atoms with Crippen molar-refractivity contribution in [3.63, 3.8) is 0 Å². The molecule has 0 bridgehead atoms. The Morgan fingerprint density at radius 2 is 0.829 bits per heavy atom. The van der Waals surface area contributed by atoms with Gasteiger partial charge in [-0.2, -0.15) is 0 Å². The summed E-state index contributed by atoms with van der Waals surface area (Å²) in [6.45, 7) is 0. The number of carbonyl (C=O) groups excluding carboxylic acids is 2. The Hall–Kier alpha value is -1.06. The summed E-state index contributed by atoms with van der Waals surface area (Å²) in [5, 5.41) is 6.72. The number of nitrogens with one attached hydrogen (secondary N) is 2. The second-order valence-corrected chi connectivity index (χ2v) is 12.9. The van der Waals surface area contributed by atoms with Crippen LogP contribution in [0.4, 0.5) is 0 Å². The molecule has 200 valence electrons. The number of amides is 2. The fraction of sp³-hybridized carbons (Fsp3) is 0.935. The van der Waals surface area contributed by atoms with E-state index in [4.69, 9.17) is 0 Å². The molecule has 0 saturated heterocycles. The summed E-state index contributed by atoms with van der Waals surface area (Å²) in [7, 11) is 0. The number of rotatable bonds is 10. The van der Waals surface area contributed by atoms with Crippen molar-refractivity contribution in [2.45, 2.75) is 160 Å². The molecule has 0 aromatic heterocycles. The highest BCUT2D eigenvalue weighted by Gasteiger charge is 2.28. The van der Waals surface area contributed by atoms with E-state index in [9.17, 15) is 9.59 Å². The van der Waals surface area contributed by atoms with Crippen LogP contribution in [0.5, 0.6) is 0 Å². The lowest BCUT2D eigenvalue weighted by Crippen LogP contribution is -2.39. The van der Waals surface area contributed by atoms with E-state index >= 15 is 0 Å². The molecule has 0 aliphatic heterocycles. The van der Waals surface area contributed by atoms with Gasteiger partial charge in [0.25, 0.3) is 0 Å². The van der Waals surface area contributed by atoms with E-state index in [1.165, 1.54) is 122 Å². The summed E-state index contributed by atoms with van der Waals surface area (Å²) < 4.78 is 0.